The van der Waals surface area contributed by atoms with Gasteiger partial charge in [-0.15, -0.1) is 0 Å². The smallest absolute Gasteiger partial charge is 0.229 e. The van der Waals surface area contributed by atoms with Crippen LogP contribution in [0.1, 0.15) is 12.0 Å². The largest absolute Gasteiger partial charge is 0.403 e. The Balaban J connectivity index is 1.84. The van der Waals surface area contributed by atoms with Crippen LogP contribution in [0.2, 0.25) is 0 Å². The van der Waals surface area contributed by atoms with Crippen LogP contribution in [0.25, 0.3) is 16.5 Å². The number of nitrogens with zero attached hydrogens (tertiary/aromatic N) is 3. The van der Waals surface area contributed by atoms with Crippen LogP contribution in [-0.2, 0) is 4.79 Å². The summed E-state index contributed by atoms with van der Waals surface area (Å²) < 4.78 is 0. The van der Waals surface area contributed by atoms with Crippen molar-refractivity contribution in [3.8, 4) is 0 Å². The third-order valence-electron chi connectivity index (χ3n) is 4.57. The molecule has 7 nitrogen and oxygen atoms in total. The molecule has 1 unspecified atom stereocenters. The van der Waals surface area contributed by atoms with Crippen LogP contribution in [0.4, 0.5) is 5.82 Å². The Morgan fingerprint density at radius 3 is 2.84 bits per heavy atom. The Hall–Kier alpha value is -2.64. The number of anilines is 1. The van der Waals surface area contributed by atoms with Crippen LogP contribution in [0.15, 0.2) is 36.7 Å². The van der Waals surface area contributed by atoms with Gasteiger partial charge in [0.15, 0.2) is 0 Å². The number of hydrogen-bond donors (Lipinski definition) is 3. The summed E-state index contributed by atoms with van der Waals surface area (Å²) in [5.74, 6) is 6.42. The molecule has 25 heavy (non-hydrogen) atoms. The second-order valence-corrected chi connectivity index (χ2v) is 6.53. The molecule has 1 aromatic carbocycles. The van der Waals surface area contributed by atoms with Crippen LogP contribution in [0.5, 0.6) is 0 Å². The minimum absolute atomic E-state index is 0.0199. The number of nitrogens with two attached hydrogens (primary N) is 2. The molecule has 0 radical (unpaired) electrons. The van der Waals surface area contributed by atoms with Crippen LogP contribution in [0, 0.1) is 5.92 Å². The fourth-order valence-corrected chi connectivity index (χ4v) is 3.16. The molecule has 1 aliphatic rings. The second-order valence-electron chi connectivity index (χ2n) is 6.53. The molecular formula is C18H24N6O. The van der Waals surface area contributed by atoms with Crippen molar-refractivity contribution < 1.29 is 4.79 Å². The summed E-state index contributed by atoms with van der Waals surface area (Å²) in [4.78, 5) is 18.9. The van der Waals surface area contributed by atoms with Gasteiger partial charge in [-0.25, -0.2) is 10.8 Å². The van der Waals surface area contributed by atoms with Gasteiger partial charge in [0.05, 0.1) is 11.6 Å². The highest BCUT2D eigenvalue weighted by molar-refractivity contribution is 5.95. The molecule has 0 spiro atoms. The quantitative estimate of drug-likeness (QED) is 0.571. The zero-order valence-corrected chi connectivity index (χ0v) is 14.6. The van der Waals surface area contributed by atoms with Gasteiger partial charge in [0.1, 0.15) is 5.82 Å². The molecule has 1 fully saturated rings. The summed E-state index contributed by atoms with van der Waals surface area (Å²) >= 11 is 0. The van der Waals surface area contributed by atoms with Gasteiger partial charge in [-0.1, -0.05) is 12.1 Å². The zero-order valence-electron chi connectivity index (χ0n) is 14.6. The van der Waals surface area contributed by atoms with Crippen molar-refractivity contribution in [1.29, 1.82) is 0 Å². The molecule has 1 aromatic heterocycles. The minimum Gasteiger partial charge on any atom is -0.403 e. The molecule has 0 saturated carbocycles. The highest BCUT2D eigenvalue weighted by Crippen LogP contribution is 2.23. The van der Waals surface area contributed by atoms with Crippen molar-refractivity contribution in [1.82, 2.24) is 14.9 Å². The normalized spacial score (nSPS) is 18.5. The van der Waals surface area contributed by atoms with E-state index in [1.807, 2.05) is 31.3 Å². The highest BCUT2D eigenvalue weighted by atomic mass is 16.2. The van der Waals surface area contributed by atoms with Crippen molar-refractivity contribution in [3.05, 3.63) is 42.2 Å². The summed E-state index contributed by atoms with van der Waals surface area (Å²) in [6.45, 7) is 1.74. The fraction of sp³-hybridized carbons (Fsp3) is 0.333. The third kappa shape index (κ3) is 3.72. The Morgan fingerprint density at radius 2 is 2.20 bits per heavy atom. The third-order valence-corrected chi connectivity index (χ3v) is 4.57. The molecule has 5 N–H and O–H groups in total. The van der Waals surface area contributed by atoms with Gasteiger partial charge in [-0.05, 0) is 37.5 Å². The van der Waals surface area contributed by atoms with Gasteiger partial charge in [-0.3, -0.25) is 4.79 Å². The number of carbonyl (C=O) groups is 1. The molecule has 1 atom stereocenters. The number of fused-ring (bicyclic) bond motifs is 1. The molecule has 0 aliphatic carbocycles. The molecule has 7 heteroatoms. The summed E-state index contributed by atoms with van der Waals surface area (Å²) in [5.41, 5.74) is 7.29. The Labute approximate surface area is 147 Å². The van der Waals surface area contributed by atoms with E-state index in [1.165, 1.54) is 11.2 Å². The van der Waals surface area contributed by atoms with Gasteiger partial charge in [0.25, 0.3) is 0 Å². The summed E-state index contributed by atoms with van der Waals surface area (Å²) in [6, 6.07) is 7.76. The van der Waals surface area contributed by atoms with Crippen LogP contribution in [0.3, 0.4) is 0 Å². The standard InChI is InChI=1S/C18H24N6O/c1-23-6-5-14(11-23)18(25)22-17-8-15-7-12(16(9-19)24(2)20)3-4-13(15)10-21-17/h3-4,7-10,14H,5-6,11,19-20H2,1-2H3,(H,21,22,25)/b16-9-. The van der Waals surface area contributed by atoms with Crippen molar-refractivity contribution in [3.63, 3.8) is 0 Å². The zero-order chi connectivity index (χ0) is 18.0. The number of nitrogens with one attached hydrogen (secondary N) is 1. The van der Waals surface area contributed by atoms with Gasteiger partial charge in [-0.2, -0.15) is 0 Å². The van der Waals surface area contributed by atoms with Crippen LogP contribution >= 0.6 is 0 Å². The van der Waals surface area contributed by atoms with E-state index in [4.69, 9.17) is 11.6 Å². The average Bonchev–Trinajstić information content (AvgIpc) is 3.01. The van der Waals surface area contributed by atoms with Gasteiger partial charge >= 0.3 is 0 Å². The molecule has 132 valence electrons. The minimum atomic E-state index is 0.0199. The van der Waals surface area contributed by atoms with E-state index in [0.717, 1.165) is 41.5 Å². The molecule has 3 rings (SSSR count). The average molecular weight is 340 g/mol. The number of carbonyl (C=O) groups excluding carboxylic acids is 1. The van der Waals surface area contributed by atoms with Crippen molar-refractivity contribution in [2.45, 2.75) is 6.42 Å². The summed E-state index contributed by atoms with van der Waals surface area (Å²) in [6.07, 6.45) is 4.11. The molecule has 1 amide bonds. The predicted octanol–water partition coefficient (Wildman–Crippen LogP) is 1.19. The van der Waals surface area contributed by atoms with Crippen molar-refractivity contribution >= 4 is 28.2 Å². The molecule has 2 aromatic rings. The Morgan fingerprint density at radius 1 is 1.40 bits per heavy atom. The van der Waals surface area contributed by atoms with Crippen LogP contribution in [-0.4, -0.2) is 48.0 Å². The lowest BCUT2D eigenvalue weighted by atomic mass is 10.1. The summed E-state index contributed by atoms with van der Waals surface area (Å²) in [5, 5.41) is 6.35. The number of pyridine rings is 1. The molecule has 1 saturated heterocycles. The lowest BCUT2D eigenvalue weighted by Crippen LogP contribution is -2.25. The van der Waals surface area contributed by atoms with Gasteiger partial charge < -0.3 is 21.0 Å². The number of hydrogen-bond acceptors (Lipinski definition) is 6. The van der Waals surface area contributed by atoms with Gasteiger partial charge in [0.2, 0.25) is 5.91 Å². The molecule has 0 bridgehead atoms. The first kappa shape index (κ1) is 17.2. The first-order chi connectivity index (χ1) is 12.0. The fourth-order valence-electron chi connectivity index (χ4n) is 3.16. The van der Waals surface area contributed by atoms with E-state index in [-0.39, 0.29) is 11.8 Å². The second kappa shape index (κ2) is 7.08. The maximum absolute atomic E-state index is 12.4. The topological polar surface area (TPSA) is 101 Å². The molecular weight excluding hydrogens is 316 g/mol. The number of rotatable bonds is 4. The molecule has 1 aliphatic heterocycles. The van der Waals surface area contributed by atoms with E-state index in [1.54, 1.807) is 13.2 Å². The van der Waals surface area contributed by atoms with Crippen molar-refractivity contribution in [2.75, 3.05) is 32.5 Å². The van der Waals surface area contributed by atoms with Crippen LogP contribution < -0.4 is 16.9 Å². The Kier molecular flexibility index (Phi) is 4.87. The van der Waals surface area contributed by atoms with Crippen molar-refractivity contribution in [2.24, 2.45) is 17.5 Å². The number of hydrazine groups is 1. The lowest BCUT2D eigenvalue weighted by molar-refractivity contribution is -0.119. The van der Waals surface area contributed by atoms with E-state index >= 15 is 0 Å². The maximum atomic E-state index is 12.4. The predicted molar refractivity (Wildman–Crippen MR) is 100 cm³/mol. The monoisotopic (exact) mass is 340 g/mol. The van der Waals surface area contributed by atoms with E-state index in [2.05, 4.69) is 15.2 Å². The first-order valence-corrected chi connectivity index (χ1v) is 8.28. The maximum Gasteiger partial charge on any atom is 0.229 e. The number of aromatic nitrogens is 1. The Bertz CT molecular complexity index is 816. The highest BCUT2D eigenvalue weighted by Gasteiger charge is 2.26. The number of amides is 1. The lowest BCUT2D eigenvalue weighted by Gasteiger charge is -2.17. The van der Waals surface area contributed by atoms with E-state index in [9.17, 15) is 4.79 Å². The molecule has 2 heterocycles. The SMILES string of the molecule is CN1CCC(C(=O)Nc2cc3cc(/C(=C/N)N(C)N)ccc3cn2)C1. The van der Waals surface area contributed by atoms with E-state index in [0.29, 0.717) is 5.82 Å². The number of likely N-dealkylation sites (tertiary alicyclic amines) is 1. The van der Waals surface area contributed by atoms with Gasteiger partial charge in [0, 0.05) is 36.9 Å². The van der Waals surface area contributed by atoms with E-state index < -0.39 is 0 Å². The summed E-state index contributed by atoms with van der Waals surface area (Å²) in [7, 11) is 3.76. The first-order valence-electron chi connectivity index (χ1n) is 8.28. The number of benzene rings is 1.